The fraction of sp³-hybridized carbons (Fsp3) is 0.368. The molecular formula is C19H25NO3S. The minimum Gasteiger partial charge on any atom is -0.396 e. The van der Waals surface area contributed by atoms with Crippen molar-refractivity contribution in [2.45, 2.75) is 36.7 Å². The number of rotatable bonds is 8. The van der Waals surface area contributed by atoms with E-state index in [1.165, 1.54) is 11.8 Å². The Morgan fingerprint density at radius 3 is 2.17 bits per heavy atom. The van der Waals surface area contributed by atoms with E-state index in [-0.39, 0.29) is 18.7 Å². The molecule has 130 valence electrons. The molecule has 0 spiro atoms. The highest BCUT2D eigenvalue weighted by molar-refractivity contribution is 7.90. The van der Waals surface area contributed by atoms with E-state index in [9.17, 15) is 8.42 Å². The number of hydrogen-bond acceptors (Lipinski definition) is 4. The summed E-state index contributed by atoms with van der Waals surface area (Å²) in [6, 6.07) is 17.4. The Balaban J connectivity index is 2.13. The molecule has 0 aliphatic rings. The fourth-order valence-corrected chi connectivity index (χ4v) is 3.36. The molecule has 0 heterocycles. The summed E-state index contributed by atoms with van der Waals surface area (Å²) < 4.78 is 23.1. The third-order valence-electron chi connectivity index (χ3n) is 4.11. The molecule has 0 aliphatic heterocycles. The predicted molar refractivity (Wildman–Crippen MR) is 96.6 cm³/mol. The summed E-state index contributed by atoms with van der Waals surface area (Å²) in [7, 11) is -3.17. The second kappa shape index (κ2) is 8.42. The van der Waals surface area contributed by atoms with Gasteiger partial charge in [-0.25, -0.2) is 8.42 Å². The number of benzene rings is 2. The van der Waals surface area contributed by atoms with Crippen molar-refractivity contribution in [3.8, 4) is 0 Å². The topological polar surface area (TPSA) is 66.4 Å². The van der Waals surface area contributed by atoms with Gasteiger partial charge in [-0.05, 0) is 43.0 Å². The molecule has 4 nitrogen and oxygen atoms in total. The Labute approximate surface area is 144 Å². The van der Waals surface area contributed by atoms with Crippen LogP contribution >= 0.6 is 0 Å². The maximum Gasteiger partial charge on any atom is 0.175 e. The van der Waals surface area contributed by atoms with Gasteiger partial charge < -0.3 is 10.4 Å². The van der Waals surface area contributed by atoms with Crippen molar-refractivity contribution in [2.75, 3.05) is 12.9 Å². The van der Waals surface area contributed by atoms with Gasteiger partial charge in [0.05, 0.1) is 4.90 Å². The molecule has 5 heteroatoms. The van der Waals surface area contributed by atoms with Crippen LogP contribution in [0, 0.1) is 0 Å². The van der Waals surface area contributed by atoms with Crippen LogP contribution in [-0.2, 0) is 9.84 Å². The lowest BCUT2D eigenvalue weighted by molar-refractivity contribution is 0.272. The van der Waals surface area contributed by atoms with E-state index in [0.717, 1.165) is 18.4 Å². The molecule has 2 aromatic rings. The van der Waals surface area contributed by atoms with Crippen LogP contribution in [0.15, 0.2) is 59.5 Å². The smallest absolute Gasteiger partial charge is 0.175 e. The Morgan fingerprint density at radius 1 is 1.00 bits per heavy atom. The third kappa shape index (κ3) is 5.16. The number of aliphatic hydroxyl groups is 1. The van der Waals surface area contributed by atoms with E-state index in [0.29, 0.717) is 4.90 Å². The van der Waals surface area contributed by atoms with Crippen molar-refractivity contribution in [3.05, 3.63) is 65.7 Å². The average Bonchev–Trinajstić information content (AvgIpc) is 2.58. The first-order valence-corrected chi connectivity index (χ1v) is 10.0. The first-order chi connectivity index (χ1) is 11.4. The summed E-state index contributed by atoms with van der Waals surface area (Å²) >= 11 is 0. The van der Waals surface area contributed by atoms with E-state index < -0.39 is 9.84 Å². The van der Waals surface area contributed by atoms with Crippen LogP contribution in [0.5, 0.6) is 0 Å². The monoisotopic (exact) mass is 347 g/mol. The molecule has 0 bridgehead atoms. The molecule has 0 radical (unpaired) electrons. The minimum absolute atomic E-state index is 0.0718. The summed E-state index contributed by atoms with van der Waals surface area (Å²) in [4.78, 5) is 0.332. The van der Waals surface area contributed by atoms with Crippen molar-refractivity contribution >= 4 is 9.84 Å². The van der Waals surface area contributed by atoms with Crippen molar-refractivity contribution in [1.29, 1.82) is 0 Å². The second-order valence-corrected chi connectivity index (χ2v) is 8.07. The molecule has 2 rings (SSSR count). The summed E-state index contributed by atoms with van der Waals surface area (Å²) in [5, 5.41) is 12.7. The Hall–Kier alpha value is -1.69. The van der Waals surface area contributed by atoms with Crippen LogP contribution in [-0.4, -0.2) is 26.4 Å². The molecule has 0 fully saturated rings. The van der Waals surface area contributed by atoms with Gasteiger partial charge in [-0.15, -0.1) is 0 Å². The van der Waals surface area contributed by atoms with E-state index >= 15 is 0 Å². The van der Waals surface area contributed by atoms with Crippen LogP contribution in [0.25, 0.3) is 0 Å². The Bertz CT molecular complexity index is 727. The predicted octanol–water partition coefficient (Wildman–Crippen LogP) is 3.25. The average molecular weight is 347 g/mol. The van der Waals surface area contributed by atoms with Gasteiger partial charge in [0, 0.05) is 24.9 Å². The zero-order valence-corrected chi connectivity index (χ0v) is 15.0. The van der Waals surface area contributed by atoms with E-state index in [1.54, 1.807) is 12.1 Å². The van der Waals surface area contributed by atoms with Crippen LogP contribution in [0.3, 0.4) is 0 Å². The van der Waals surface area contributed by atoms with Crippen molar-refractivity contribution in [2.24, 2.45) is 0 Å². The first-order valence-electron chi connectivity index (χ1n) is 8.13. The SMILES string of the molecule is CC(NC(CCCO)c1ccccc1)c1ccc(S(C)(=O)=O)cc1. The van der Waals surface area contributed by atoms with Gasteiger partial charge in [-0.3, -0.25) is 0 Å². The summed E-state index contributed by atoms with van der Waals surface area (Å²) in [6.45, 7) is 2.23. The highest BCUT2D eigenvalue weighted by Crippen LogP contribution is 2.24. The van der Waals surface area contributed by atoms with Gasteiger partial charge in [0.2, 0.25) is 0 Å². The minimum atomic E-state index is -3.17. The Kier molecular flexibility index (Phi) is 6.54. The van der Waals surface area contributed by atoms with Crippen LogP contribution in [0.1, 0.15) is 43.0 Å². The quantitative estimate of drug-likeness (QED) is 0.769. The molecule has 2 unspecified atom stereocenters. The third-order valence-corrected chi connectivity index (χ3v) is 5.24. The lowest BCUT2D eigenvalue weighted by Crippen LogP contribution is -2.25. The highest BCUT2D eigenvalue weighted by atomic mass is 32.2. The van der Waals surface area contributed by atoms with E-state index in [4.69, 9.17) is 5.11 Å². The molecule has 24 heavy (non-hydrogen) atoms. The Morgan fingerprint density at radius 2 is 1.62 bits per heavy atom. The summed E-state index contributed by atoms with van der Waals surface area (Å²) in [5.41, 5.74) is 2.22. The summed E-state index contributed by atoms with van der Waals surface area (Å²) in [6.07, 6.45) is 2.78. The first kappa shape index (κ1) is 18.6. The number of sulfone groups is 1. The number of aliphatic hydroxyl groups excluding tert-OH is 1. The van der Waals surface area contributed by atoms with Gasteiger partial charge in [0.25, 0.3) is 0 Å². The highest BCUT2D eigenvalue weighted by Gasteiger charge is 2.16. The van der Waals surface area contributed by atoms with Crippen LogP contribution < -0.4 is 5.32 Å². The van der Waals surface area contributed by atoms with Gasteiger partial charge in [0.1, 0.15) is 0 Å². The zero-order valence-electron chi connectivity index (χ0n) is 14.1. The maximum atomic E-state index is 11.6. The van der Waals surface area contributed by atoms with Crippen LogP contribution in [0.2, 0.25) is 0 Å². The lowest BCUT2D eigenvalue weighted by atomic mass is 9.99. The molecule has 0 aromatic heterocycles. The fourth-order valence-electron chi connectivity index (χ4n) is 2.73. The molecule has 2 atom stereocenters. The largest absolute Gasteiger partial charge is 0.396 e. The molecule has 2 N–H and O–H groups in total. The van der Waals surface area contributed by atoms with Crippen LogP contribution in [0.4, 0.5) is 0 Å². The van der Waals surface area contributed by atoms with E-state index in [1.807, 2.05) is 30.3 Å². The van der Waals surface area contributed by atoms with Crippen molar-refractivity contribution < 1.29 is 13.5 Å². The number of hydrogen-bond donors (Lipinski definition) is 2. The van der Waals surface area contributed by atoms with Crippen molar-refractivity contribution in [3.63, 3.8) is 0 Å². The van der Waals surface area contributed by atoms with E-state index in [2.05, 4.69) is 24.4 Å². The molecule has 2 aromatic carbocycles. The second-order valence-electron chi connectivity index (χ2n) is 6.06. The van der Waals surface area contributed by atoms with Gasteiger partial charge >= 0.3 is 0 Å². The van der Waals surface area contributed by atoms with Gasteiger partial charge in [-0.2, -0.15) is 0 Å². The maximum absolute atomic E-state index is 11.6. The van der Waals surface area contributed by atoms with Crippen molar-refractivity contribution in [1.82, 2.24) is 5.32 Å². The lowest BCUT2D eigenvalue weighted by Gasteiger charge is -2.24. The zero-order chi connectivity index (χ0) is 17.6. The summed E-state index contributed by atoms with van der Waals surface area (Å²) in [5.74, 6) is 0. The van der Waals surface area contributed by atoms with Gasteiger partial charge in [-0.1, -0.05) is 42.5 Å². The standard InChI is InChI=1S/C19H25NO3S/c1-15(16-10-12-18(13-11-16)24(2,22)23)20-19(9-6-14-21)17-7-4-3-5-8-17/h3-5,7-8,10-13,15,19-21H,6,9,14H2,1-2H3. The molecule has 0 saturated carbocycles. The normalized spacial score (nSPS) is 14.3. The van der Waals surface area contributed by atoms with Gasteiger partial charge in [0.15, 0.2) is 9.84 Å². The molecular weight excluding hydrogens is 322 g/mol. The molecule has 0 aliphatic carbocycles. The number of nitrogens with one attached hydrogen (secondary N) is 1. The molecule has 0 saturated heterocycles. The molecule has 0 amide bonds.